The van der Waals surface area contributed by atoms with Crippen molar-refractivity contribution in [2.45, 2.75) is 6.92 Å². The molecular weight excluding hydrogens is 250 g/mol. The first-order valence-corrected chi connectivity index (χ1v) is 4.58. The van der Waals surface area contributed by atoms with Crippen LogP contribution in [0.1, 0.15) is 17.4 Å². The molecule has 0 aliphatic heterocycles. The fourth-order valence-corrected chi connectivity index (χ4v) is 1.09. The Morgan fingerprint density at radius 1 is 1.36 bits per heavy atom. The number of nitrogens with one attached hydrogen (secondary N) is 2. The van der Waals surface area contributed by atoms with Crippen LogP contribution in [0.15, 0.2) is 22.8 Å². The number of hydrogen-bond acceptors (Lipinski definition) is 3. The standard InChI is InChI=1S/C8H8BrN3O2/c1-5(13)11-12-8(14)6-3-2-4-7(9)10-6/h2-4H,1H3,(H,11,13)(H,12,14). The molecule has 0 spiro atoms. The van der Waals surface area contributed by atoms with Crippen molar-refractivity contribution in [2.75, 3.05) is 0 Å². The van der Waals surface area contributed by atoms with Crippen LogP contribution in [0.3, 0.4) is 0 Å². The first kappa shape index (κ1) is 10.6. The number of rotatable bonds is 1. The summed E-state index contributed by atoms with van der Waals surface area (Å²) in [6, 6.07) is 4.93. The third-order valence-electron chi connectivity index (χ3n) is 1.30. The van der Waals surface area contributed by atoms with Crippen LogP contribution in [0, 0.1) is 0 Å². The molecule has 14 heavy (non-hydrogen) atoms. The van der Waals surface area contributed by atoms with E-state index in [4.69, 9.17) is 0 Å². The lowest BCUT2D eigenvalue weighted by Gasteiger charge is -2.03. The number of hydrazine groups is 1. The van der Waals surface area contributed by atoms with Crippen molar-refractivity contribution in [3.63, 3.8) is 0 Å². The molecule has 0 unspecified atom stereocenters. The van der Waals surface area contributed by atoms with E-state index in [2.05, 4.69) is 31.8 Å². The fraction of sp³-hybridized carbons (Fsp3) is 0.125. The van der Waals surface area contributed by atoms with E-state index in [0.29, 0.717) is 4.60 Å². The molecule has 0 bridgehead atoms. The van der Waals surface area contributed by atoms with E-state index < -0.39 is 5.91 Å². The number of aromatic nitrogens is 1. The van der Waals surface area contributed by atoms with Crippen molar-refractivity contribution in [2.24, 2.45) is 0 Å². The highest BCUT2D eigenvalue weighted by atomic mass is 79.9. The third kappa shape index (κ3) is 3.14. The van der Waals surface area contributed by atoms with Gasteiger partial charge in [-0.2, -0.15) is 0 Å². The van der Waals surface area contributed by atoms with Crippen molar-refractivity contribution in [3.05, 3.63) is 28.5 Å². The summed E-state index contributed by atoms with van der Waals surface area (Å²) < 4.78 is 0.563. The van der Waals surface area contributed by atoms with Crippen LogP contribution in [0.2, 0.25) is 0 Å². The van der Waals surface area contributed by atoms with Crippen molar-refractivity contribution in [1.29, 1.82) is 0 Å². The summed E-state index contributed by atoms with van der Waals surface area (Å²) in [4.78, 5) is 25.7. The number of carbonyl (C=O) groups excluding carboxylic acids is 2. The molecule has 1 heterocycles. The maximum atomic E-state index is 11.3. The minimum absolute atomic E-state index is 0.230. The Kier molecular flexibility index (Phi) is 3.58. The zero-order valence-corrected chi connectivity index (χ0v) is 8.96. The Morgan fingerprint density at radius 3 is 2.64 bits per heavy atom. The van der Waals surface area contributed by atoms with Crippen molar-refractivity contribution in [3.8, 4) is 0 Å². The second-order valence-electron chi connectivity index (χ2n) is 2.48. The molecule has 1 aromatic heterocycles. The van der Waals surface area contributed by atoms with Gasteiger partial charge >= 0.3 is 0 Å². The van der Waals surface area contributed by atoms with E-state index in [-0.39, 0.29) is 11.6 Å². The fourth-order valence-electron chi connectivity index (χ4n) is 0.744. The smallest absolute Gasteiger partial charge is 0.274 e. The van der Waals surface area contributed by atoms with Crippen molar-refractivity contribution in [1.82, 2.24) is 15.8 Å². The zero-order valence-electron chi connectivity index (χ0n) is 7.37. The second-order valence-corrected chi connectivity index (χ2v) is 3.29. The topological polar surface area (TPSA) is 71.1 Å². The molecule has 2 amide bonds. The lowest BCUT2D eigenvalue weighted by Crippen LogP contribution is -2.40. The van der Waals surface area contributed by atoms with Gasteiger partial charge in [-0.15, -0.1) is 0 Å². The van der Waals surface area contributed by atoms with Crippen LogP contribution in [-0.4, -0.2) is 16.8 Å². The summed E-state index contributed by atoms with van der Waals surface area (Å²) in [6.07, 6.45) is 0. The number of nitrogens with zero attached hydrogens (tertiary/aromatic N) is 1. The van der Waals surface area contributed by atoms with Crippen molar-refractivity contribution < 1.29 is 9.59 Å². The van der Waals surface area contributed by atoms with Crippen LogP contribution in [-0.2, 0) is 4.79 Å². The van der Waals surface area contributed by atoms with Gasteiger partial charge in [-0.1, -0.05) is 6.07 Å². The average molecular weight is 258 g/mol. The second kappa shape index (κ2) is 4.71. The van der Waals surface area contributed by atoms with Crippen LogP contribution < -0.4 is 10.9 Å². The SMILES string of the molecule is CC(=O)NNC(=O)c1cccc(Br)n1. The summed E-state index contributed by atoms with van der Waals surface area (Å²) in [5.74, 6) is -0.796. The molecule has 1 rings (SSSR count). The lowest BCUT2D eigenvalue weighted by atomic mass is 10.3. The summed E-state index contributed by atoms with van der Waals surface area (Å²) in [5.41, 5.74) is 4.60. The Hall–Kier alpha value is -1.43. The normalized spacial score (nSPS) is 9.29. The number of halogens is 1. The molecular formula is C8H8BrN3O2. The van der Waals surface area contributed by atoms with E-state index in [0.717, 1.165) is 0 Å². The molecule has 6 heteroatoms. The summed E-state index contributed by atoms with van der Waals surface area (Å²) >= 11 is 3.13. The van der Waals surface area contributed by atoms with Crippen LogP contribution in [0.25, 0.3) is 0 Å². The van der Waals surface area contributed by atoms with E-state index in [1.807, 2.05) is 0 Å². The summed E-state index contributed by atoms with van der Waals surface area (Å²) in [6.45, 7) is 1.30. The maximum absolute atomic E-state index is 11.3. The molecule has 0 aliphatic rings. The Balaban J connectivity index is 2.65. The molecule has 0 radical (unpaired) electrons. The van der Waals surface area contributed by atoms with Gasteiger partial charge in [0.15, 0.2) is 0 Å². The van der Waals surface area contributed by atoms with Gasteiger partial charge in [-0.05, 0) is 28.1 Å². The van der Waals surface area contributed by atoms with Gasteiger partial charge in [0.05, 0.1) is 0 Å². The largest absolute Gasteiger partial charge is 0.288 e. The van der Waals surface area contributed by atoms with E-state index >= 15 is 0 Å². The number of amides is 2. The van der Waals surface area contributed by atoms with Crippen LogP contribution in [0.5, 0.6) is 0 Å². The average Bonchev–Trinajstić information content (AvgIpc) is 2.14. The Labute approximate surface area is 89.0 Å². The van der Waals surface area contributed by atoms with Crippen molar-refractivity contribution >= 4 is 27.7 Å². The van der Waals surface area contributed by atoms with Gasteiger partial charge in [-0.25, -0.2) is 4.98 Å². The predicted molar refractivity (Wildman–Crippen MR) is 53.2 cm³/mol. The molecule has 2 N–H and O–H groups in total. The maximum Gasteiger partial charge on any atom is 0.288 e. The molecule has 0 atom stereocenters. The van der Waals surface area contributed by atoms with Gasteiger partial charge < -0.3 is 0 Å². The molecule has 0 saturated carbocycles. The molecule has 0 fully saturated rings. The number of pyridine rings is 1. The first-order chi connectivity index (χ1) is 6.59. The van der Waals surface area contributed by atoms with Gasteiger partial charge in [0, 0.05) is 6.92 Å². The highest BCUT2D eigenvalue weighted by Gasteiger charge is 2.06. The minimum atomic E-state index is -0.457. The Bertz CT molecular complexity index is 367. The molecule has 0 aliphatic carbocycles. The van der Waals surface area contributed by atoms with E-state index in [1.54, 1.807) is 18.2 Å². The monoisotopic (exact) mass is 257 g/mol. The van der Waals surface area contributed by atoms with E-state index in [1.165, 1.54) is 6.92 Å². The molecule has 5 nitrogen and oxygen atoms in total. The molecule has 74 valence electrons. The van der Waals surface area contributed by atoms with E-state index in [9.17, 15) is 9.59 Å². The van der Waals surface area contributed by atoms with Gasteiger partial charge in [0.2, 0.25) is 5.91 Å². The minimum Gasteiger partial charge on any atom is -0.274 e. The van der Waals surface area contributed by atoms with Crippen LogP contribution in [0.4, 0.5) is 0 Å². The summed E-state index contributed by atoms with van der Waals surface area (Å²) in [7, 11) is 0. The molecule has 0 aromatic carbocycles. The van der Waals surface area contributed by atoms with Gasteiger partial charge in [0.25, 0.3) is 5.91 Å². The van der Waals surface area contributed by atoms with Gasteiger partial charge in [-0.3, -0.25) is 20.4 Å². The molecule has 1 aromatic rings. The van der Waals surface area contributed by atoms with Crippen LogP contribution >= 0.6 is 15.9 Å². The summed E-state index contributed by atoms with van der Waals surface area (Å²) in [5, 5.41) is 0. The number of hydrogen-bond donors (Lipinski definition) is 2. The predicted octanol–water partition coefficient (Wildman–Crippen LogP) is 0.625. The Morgan fingerprint density at radius 2 is 2.07 bits per heavy atom. The highest BCUT2D eigenvalue weighted by molar-refractivity contribution is 9.10. The highest BCUT2D eigenvalue weighted by Crippen LogP contribution is 2.05. The lowest BCUT2D eigenvalue weighted by molar-refractivity contribution is -0.119. The van der Waals surface area contributed by atoms with Gasteiger partial charge in [0.1, 0.15) is 10.3 Å². The first-order valence-electron chi connectivity index (χ1n) is 3.79. The molecule has 0 saturated heterocycles. The third-order valence-corrected chi connectivity index (χ3v) is 1.74. The number of carbonyl (C=O) groups is 2. The zero-order chi connectivity index (χ0) is 10.6. The quantitative estimate of drug-likeness (QED) is 0.573.